The summed E-state index contributed by atoms with van der Waals surface area (Å²) >= 11 is 0. The minimum atomic E-state index is -0.924. The van der Waals surface area contributed by atoms with Crippen LogP contribution in [-0.2, 0) is 22.6 Å². The van der Waals surface area contributed by atoms with E-state index in [-0.39, 0.29) is 55.6 Å². The predicted octanol–water partition coefficient (Wildman–Crippen LogP) is 3.72. The molecule has 3 aliphatic carbocycles. The van der Waals surface area contributed by atoms with Crippen LogP contribution in [0.5, 0.6) is 5.75 Å². The number of likely N-dealkylation sites (N-methyl/N-ethyl adjacent to an activating group) is 1. The lowest BCUT2D eigenvalue weighted by atomic mass is 9.45. The number of aliphatic hydroxyl groups is 3. The van der Waals surface area contributed by atoms with E-state index in [1.807, 2.05) is 67.5 Å². The molecule has 1 saturated heterocycles. The number of pyridine rings is 1. The third-order valence-electron chi connectivity index (χ3n) is 12.7. The number of carbonyl (C=O) groups is 2. The van der Waals surface area contributed by atoms with Crippen LogP contribution in [0.3, 0.4) is 0 Å². The molecule has 4 fully saturated rings. The number of hydrogen-bond acceptors (Lipinski definition) is 11. The number of methoxy groups -OCH3 is 1. The number of nitrogens with one attached hydrogen (secondary N) is 3. The van der Waals surface area contributed by atoms with Crippen molar-refractivity contribution in [1.82, 2.24) is 25.6 Å². The van der Waals surface area contributed by atoms with Gasteiger partial charge in [0.1, 0.15) is 17.9 Å². The van der Waals surface area contributed by atoms with E-state index in [2.05, 4.69) is 41.7 Å². The Balaban J connectivity index is 1.29. The maximum absolute atomic E-state index is 14.3. The highest BCUT2D eigenvalue weighted by Crippen LogP contribution is 2.61. The topological polar surface area (TPSA) is 169 Å². The molecular formula is C44H62N6O7. The first-order valence-electron chi connectivity index (χ1n) is 20.3. The Morgan fingerprint density at radius 1 is 1.11 bits per heavy atom. The van der Waals surface area contributed by atoms with Crippen molar-refractivity contribution in [3.63, 3.8) is 0 Å². The Kier molecular flexibility index (Phi) is 13.6. The maximum Gasteiger partial charge on any atom is 0.251 e. The number of amides is 2. The minimum Gasteiger partial charge on any atom is -0.496 e. The van der Waals surface area contributed by atoms with Crippen molar-refractivity contribution < 1.29 is 34.5 Å². The quantitative estimate of drug-likeness (QED) is 0.118. The van der Waals surface area contributed by atoms with Crippen molar-refractivity contribution in [2.45, 2.75) is 83.8 Å². The Bertz CT molecular complexity index is 1840. The fourth-order valence-electron chi connectivity index (χ4n) is 9.69. The number of aromatic nitrogens is 1. The molecule has 3 saturated carbocycles. The number of aliphatic hydroxyl groups excluding tert-OH is 3. The average Bonchev–Trinajstić information content (AvgIpc) is 3.56. The van der Waals surface area contributed by atoms with Gasteiger partial charge in [-0.05, 0) is 92.9 Å². The van der Waals surface area contributed by atoms with E-state index in [1.54, 1.807) is 31.4 Å². The highest BCUT2D eigenvalue weighted by Gasteiger charge is 2.57. The molecule has 2 bridgehead atoms. The van der Waals surface area contributed by atoms with Gasteiger partial charge in [-0.3, -0.25) is 19.4 Å². The summed E-state index contributed by atoms with van der Waals surface area (Å²) in [5, 5.41) is 42.3. The SMILES string of the molecule is COc1c(CN2O[C@@H](CO)[C@@H]([C@H](C)O)[C@H]2C(=O)N[C@H]2C[C@H]3C[C@@H]([C@@H]2C)C3(C)C)cccc1-c1cc(NCCO)cc(C(=O)N[C@@H](Cc2ccccn2)CN(C)C)c1. The smallest absolute Gasteiger partial charge is 0.251 e. The lowest BCUT2D eigenvalue weighted by Crippen LogP contribution is -2.62. The predicted molar refractivity (Wildman–Crippen MR) is 219 cm³/mol. The summed E-state index contributed by atoms with van der Waals surface area (Å²) in [5.74, 6) is 0.783. The number of fused-ring (bicyclic) bond motifs is 2. The van der Waals surface area contributed by atoms with Gasteiger partial charge in [-0.25, -0.2) is 0 Å². The van der Waals surface area contributed by atoms with Gasteiger partial charge in [0.15, 0.2) is 0 Å². The van der Waals surface area contributed by atoms with E-state index >= 15 is 0 Å². The lowest BCUT2D eigenvalue weighted by Gasteiger charge is -2.62. The van der Waals surface area contributed by atoms with Crippen molar-refractivity contribution in [1.29, 1.82) is 0 Å². The number of hydrogen-bond donors (Lipinski definition) is 6. The number of nitrogens with zero attached hydrogens (tertiary/aromatic N) is 3. The van der Waals surface area contributed by atoms with Gasteiger partial charge in [-0.1, -0.05) is 45.0 Å². The third kappa shape index (κ3) is 9.29. The van der Waals surface area contributed by atoms with Crippen molar-refractivity contribution in [3.8, 4) is 16.9 Å². The molecule has 1 aliphatic heterocycles. The van der Waals surface area contributed by atoms with Crippen LogP contribution in [0.1, 0.15) is 62.2 Å². The van der Waals surface area contributed by atoms with Gasteiger partial charge in [0.25, 0.3) is 5.91 Å². The standard InChI is InChI=1S/C44H62N6O7/c1-26-36-20-31(44(36,3)4)21-37(26)48-43(55)40-39(27(2)53)38(25-52)57-50(40)23-28-11-10-13-35(41(28)56-7)29-17-30(19-33(18-29)46-15-16-51)42(54)47-34(24-49(5)6)22-32-12-8-9-14-45-32/h8-14,17-19,26-27,31,34,36-40,46,51-53H,15-16,20-25H2,1-7H3,(H,47,54)(H,48,55)/t26-,27-,31+,34-,36-,37-,38-,39+,40-/m0/s1. The van der Waals surface area contributed by atoms with E-state index in [9.17, 15) is 24.9 Å². The average molecular weight is 787 g/mol. The van der Waals surface area contributed by atoms with Crippen LogP contribution in [0.25, 0.3) is 11.1 Å². The lowest BCUT2D eigenvalue weighted by molar-refractivity contribution is -0.183. The van der Waals surface area contributed by atoms with E-state index in [1.165, 1.54) is 6.42 Å². The molecule has 2 aromatic carbocycles. The van der Waals surface area contributed by atoms with Gasteiger partial charge in [-0.15, -0.1) is 0 Å². The number of hydroxylamine groups is 2. The monoisotopic (exact) mass is 786 g/mol. The van der Waals surface area contributed by atoms with E-state index in [0.29, 0.717) is 64.4 Å². The molecule has 7 rings (SSSR count). The highest BCUT2D eigenvalue weighted by molar-refractivity contribution is 5.97. The fraction of sp³-hybridized carbons (Fsp3) is 0.568. The van der Waals surface area contributed by atoms with Gasteiger partial charge in [0, 0.05) is 71.8 Å². The summed E-state index contributed by atoms with van der Waals surface area (Å²) in [6.07, 6.45) is 2.69. The molecule has 13 nitrogen and oxygen atoms in total. The number of anilines is 1. The number of benzene rings is 2. The molecule has 4 aliphatic rings. The Hall–Kier alpha value is -4.11. The van der Waals surface area contributed by atoms with Crippen LogP contribution < -0.4 is 20.7 Å². The molecule has 2 amide bonds. The van der Waals surface area contributed by atoms with Crippen LogP contribution in [-0.4, -0.2) is 120 Å². The summed E-state index contributed by atoms with van der Waals surface area (Å²) in [5.41, 5.74) is 4.34. The Morgan fingerprint density at radius 2 is 1.89 bits per heavy atom. The zero-order valence-electron chi connectivity index (χ0n) is 34.4. The van der Waals surface area contributed by atoms with Gasteiger partial charge >= 0.3 is 0 Å². The molecule has 0 spiro atoms. The molecule has 3 aromatic rings. The Labute approximate surface area is 337 Å². The largest absolute Gasteiger partial charge is 0.496 e. The molecule has 2 heterocycles. The van der Waals surface area contributed by atoms with Gasteiger partial charge < -0.3 is 40.9 Å². The normalized spacial score (nSPS) is 26.3. The van der Waals surface area contributed by atoms with Crippen molar-refractivity contribution >= 4 is 17.5 Å². The second kappa shape index (κ2) is 18.2. The van der Waals surface area contributed by atoms with E-state index in [4.69, 9.17) is 9.57 Å². The van der Waals surface area contributed by atoms with Crippen LogP contribution >= 0.6 is 0 Å². The molecule has 0 unspecified atom stereocenters. The molecule has 1 aromatic heterocycles. The number of rotatable bonds is 17. The molecule has 0 radical (unpaired) electrons. The molecule has 6 N–H and O–H groups in total. The summed E-state index contributed by atoms with van der Waals surface area (Å²) in [6, 6.07) is 15.9. The minimum absolute atomic E-state index is 0.0168. The molecule has 310 valence electrons. The Morgan fingerprint density at radius 3 is 2.53 bits per heavy atom. The van der Waals surface area contributed by atoms with Crippen LogP contribution in [0, 0.1) is 29.1 Å². The van der Waals surface area contributed by atoms with E-state index < -0.39 is 24.2 Å². The number of carbonyl (C=O) groups excluding carboxylic acids is 2. The number of ether oxygens (including phenoxy) is 1. The van der Waals surface area contributed by atoms with Crippen molar-refractivity contribution in [3.05, 3.63) is 77.6 Å². The number of para-hydroxylation sites is 1. The molecule has 9 atom stereocenters. The molecule has 13 heteroatoms. The molecular weight excluding hydrogens is 725 g/mol. The van der Waals surface area contributed by atoms with Crippen LogP contribution in [0.2, 0.25) is 0 Å². The summed E-state index contributed by atoms with van der Waals surface area (Å²) in [6.45, 7) is 9.08. The zero-order valence-corrected chi connectivity index (χ0v) is 34.4. The molecule has 57 heavy (non-hydrogen) atoms. The first-order valence-corrected chi connectivity index (χ1v) is 20.3. The maximum atomic E-state index is 14.3. The van der Waals surface area contributed by atoms with Gasteiger partial charge in [0.05, 0.1) is 33.0 Å². The van der Waals surface area contributed by atoms with Crippen molar-refractivity contribution in [2.24, 2.45) is 29.1 Å². The fourth-order valence-corrected chi connectivity index (χ4v) is 9.69. The summed E-state index contributed by atoms with van der Waals surface area (Å²) < 4.78 is 6.08. The third-order valence-corrected chi connectivity index (χ3v) is 12.7. The second-order valence-electron chi connectivity index (χ2n) is 17.1. The highest BCUT2D eigenvalue weighted by atomic mass is 16.7. The summed E-state index contributed by atoms with van der Waals surface area (Å²) in [4.78, 5) is 41.1. The summed E-state index contributed by atoms with van der Waals surface area (Å²) in [7, 11) is 5.50. The second-order valence-corrected chi connectivity index (χ2v) is 17.1. The zero-order chi connectivity index (χ0) is 41.0. The van der Waals surface area contributed by atoms with E-state index in [0.717, 1.165) is 12.1 Å². The van der Waals surface area contributed by atoms with Crippen LogP contribution in [0.15, 0.2) is 60.8 Å². The van der Waals surface area contributed by atoms with Gasteiger partial charge in [-0.2, -0.15) is 5.06 Å². The first-order chi connectivity index (χ1) is 27.2. The van der Waals surface area contributed by atoms with Crippen LogP contribution in [0.4, 0.5) is 5.69 Å². The first kappa shape index (κ1) is 42.5. The van der Waals surface area contributed by atoms with Crippen molar-refractivity contribution in [2.75, 3.05) is 52.8 Å². The van der Waals surface area contributed by atoms with Gasteiger partial charge in [0.2, 0.25) is 5.91 Å².